The van der Waals surface area contributed by atoms with Crippen LogP contribution in [0.5, 0.6) is 0 Å². The highest BCUT2D eigenvalue weighted by atomic mass is 16.1. The smallest absolute Gasteiger partial charge is 0.153 e. The van der Waals surface area contributed by atoms with Crippen LogP contribution >= 0.6 is 0 Å². The standard InChI is InChI=1S/C12H15NO/c1-9-4-3-5-12(10(9)2)13-7-6-11(14)8-13/h3-5H,6-8H2,1-2H3. The van der Waals surface area contributed by atoms with Crippen molar-refractivity contribution in [2.45, 2.75) is 20.3 Å². The summed E-state index contributed by atoms with van der Waals surface area (Å²) in [7, 11) is 0. The second kappa shape index (κ2) is 3.45. The van der Waals surface area contributed by atoms with Gasteiger partial charge in [0, 0.05) is 18.7 Å². The lowest BCUT2D eigenvalue weighted by Crippen LogP contribution is -2.20. The lowest BCUT2D eigenvalue weighted by Gasteiger charge is -2.20. The summed E-state index contributed by atoms with van der Waals surface area (Å²) in [6, 6.07) is 6.26. The number of rotatable bonds is 1. The first kappa shape index (κ1) is 9.25. The molecule has 14 heavy (non-hydrogen) atoms. The van der Waals surface area contributed by atoms with E-state index in [1.54, 1.807) is 0 Å². The average molecular weight is 189 g/mol. The molecule has 1 aliphatic rings. The Labute approximate surface area is 84.5 Å². The van der Waals surface area contributed by atoms with Gasteiger partial charge in [0.05, 0.1) is 6.54 Å². The Morgan fingerprint density at radius 3 is 2.71 bits per heavy atom. The van der Waals surface area contributed by atoms with E-state index in [1.807, 2.05) is 0 Å². The number of hydrogen-bond donors (Lipinski definition) is 0. The third-order valence-electron chi connectivity index (χ3n) is 2.94. The molecule has 0 aliphatic carbocycles. The first-order chi connectivity index (χ1) is 6.68. The zero-order valence-corrected chi connectivity index (χ0v) is 8.71. The van der Waals surface area contributed by atoms with Crippen LogP contribution in [0.2, 0.25) is 0 Å². The second-order valence-corrected chi connectivity index (χ2v) is 3.93. The first-order valence-corrected chi connectivity index (χ1v) is 5.01. The van der Waals surface area contributed by atoms with E-state index < -0.39 is 0 Å². The highest BCUT2D eigenvalue weighted by Gasteiger charge is 2.20. The molecule has 1 saturated heterocycles. The fourth-order valence-electron chi connectivity index (χ4n) is 1.91. The van der Waals surface area contributed by atoms with Crippen LogP contribution in [0, 0.1) is 13.8 Å². The normalized spacial score (nSPS) is 16.4. The number of aryl methyl sites for hydroxylation is 1. The number of carbonyl (C=O) groups is 1. The molecule has 1 aromatic carbocycles. The van der Waals surface area contributed by atoms with Crippen molar-refractivity contribution in [3.63, 3.8) is 0 Å². The van der Waals surface area contributed by atoms with E-state index in [1.165, 1.54) is 16.8 Å². The molecule has 0 amide bonds. The Morgan fingerprint density at radius 1 is 1.29 bits per heavy atom. The Hall–Kier alpha value is -1.31. The predicted molar refractivity (Wildman–Crippen MR) is 57.8 cm³/mol. The van der Waals surface area contributed by atoms with Gasteiger partial charge in [0.2, 0.25) is 0 Å². The molecule has 2 heteroatoms. The van der Waals surface area contributed by atoms with Crippen molar-refractivity contribution in [1.82, 2.24) is 0 Å². The van der Waals surface area contributed by atoms with Crippen LogP contribution in [0.3, 0.4) is 0 Å². The van der Waals surface area contributed by atoms with Crippen LogP contribution < -0.4 is 4.90 Å². The number of benzene rings is 1. The van der Waals surface area contributed by atoms with Gasteiger partial charge in [0.15, 0.2) is 5.78 Å². The zero-order chi connectivity index (χ0) is 10.1. The maximum atomic E-state index is 11.2. The van der Waals surface area contributed by atoms with E-state index in [0.717, 1.165) is 6.54 Å². The van der Waals surface area contributed by atoms with Crippen LogP contribution in [-0.4, -0.2) is 18.9 Å². The Bertz CT molecular complexity index is 371. The molecule has 0 atom stereocenters. The fraction of sp³-hybridized carbons (Fsp3) is 0.417. The number of ketones is 1. The fourth-order valence-corrected chi connectivity index (χ4v) is 1.91. The lowest BCUT2D eigenvalue weighted by molar-refractivity contribution is -0.116. The summed E-state index contributed by atoms with van der Waals surface area (Å²) in [4.78, 5) is 13.4. The maximum Gasteiger partial charge on any atom is 0.153 e. The third kappa shape index (κ3) is 1.52. The number of hydrogen-bond acceptors (Lipinski definition) is 2. The van der Waals surface area contributed by atoms with E-state index in [9.17, 15) is 4.79 Å². The molecule has 0 saturated carbocycles. The van der Waals surface area contributed by atoms with Crippen LogP contribution in [0.4, 0.5) is 5.69 Å². The summed E-state index contributed by atoms with van der Waals surface area (Å²) in [6.45, 7) is 5.69. The van der Waals surface area contributed by atoms with E-state index in [4.69, 9.17) is 0 Å². The first-order valence-electron chi connectivity index (χ1n) is 5.01. The van der Waals surface area contributed by atoms with Crippen molar-refractivity contribution in [3.05, 3.63) is 29.3 Å². The molecule has 2 nitrogen and oxygen atoms in total. The summed E-state index contributed by atoms with van der Waals surface area (Å²) in [5, 5.41) is 0. The van der Waals surface area contributed by atoms with Crippen molar-refractivity contribution in [3.8, 4) is 0 Å². The van der Waals surface area contributed by atoms with Crippen molar-refractivity contribution in [2.75, 3.05) is 18.0 Å². The van der Waals surface area contributed by atoms with Gasteiger partial charge in [-0.1, -0.05) is 12.1 Å². The Balaban J connectivity index is 2.32. The SMILES string of the molecule is Cc1cccc(N2CCC(=O)C2)c1C. The molecule has 0 unspecified atom stereocenters. The van der Waals surface area contributed by atoms with E-state index in [0.29, 0.717) is 18.7 Å². The second-order valence-electron chi connectivity index (χ2n) is 3.93. The number of carbonyl (C=O) groups excluding carboxylic acids is 1. The monoisotopic (exact) mass is 189 g/mol. The molecule has 2 rings (SSSR count). The highest BCUT2D eigenvalue weighted by Crippen LogP contribution is 2.24. The maximum absolute atomic E-state index is 11.2. The molecule has 1 aliphatic heterocycles. The Kier molecular flexibility index (Phi) is 2.28. The molecule has 0 spiro atoms. The molecule has 0 N–H and O–H groups in total. The molecular formula is C12H15NO. The molecule has 0 aromatic heterocycles. The van der Waals surface area contributed by atoms with Gasteiger partial charge in [-0.15, -0.1) is 0 Å². The summed E-state index contributed by atoms with van der Waals surface area (Å²) >= 11 is 0. The van der Waals surface area contributed by atoms with E-state index in [-0.39, 0.29) is 0 Å². The molecular weight excluding hydrogens is 174 g/mol. The molecule has 0 radical (unpaired) electrons. The molecule has 1 aromatic rings. The predicted octanol–water partition coefficient (Wildman–Crippen LogP) is 2.08. The van der Waals surface area contributed by atoms with Gasteiger partial charge in [-0.05, 0) is 31.0 Å². The van der Waals surface area contributed by atoms with Crippen LogP contribution in [0.15, 0.2) is 18.2 Å². The number of Topliss-reactive ketones (excluding diaryl/α,β-unsaturated/α-hetero) is 1. The van der Waals surface area contributed by atoms with Gasteiger partial charge in [-0.3, -0.25) is 4.79 Å². The van der Waals surface area contributed by atoms with E-state index in [2.05, 4.69) is 36.9 Å². The van der Waals surface area contributed by atoms with Crippen molar-refractivity contribution in [1.29, 1.82) is 0 Å². The minimum absolute atomic E-state index is 0.353. The van der Waals surface area contributed by atoms with Crippen molar-refractivity contribution < 1.29 is 4.79 Å². The van der Waals surface area contributed by atoms with Gasteiger partial charge in [-0.25, -0.2) is 0 Å². The third-order valence-corrected chi connectivity index (χ3v) is 2.94. The van der Waals surface area contributed by atoms with Crippen molar-refractivity contribution in [2.24, 2.45) is 0 Å². The molecule has 1 heterocycles. The average Bonchev–Trinajstić information content (AvgIpc) is 2.57. The van der Waals surface area contributed by atoms with Crippen molar-refractivity contribution >= 4 is 11.5 Å². The van der Waals surface area contributed by atoms with Gasteiger partial charge in [0.25, 0.3) is 0 Å². The van der Waals surface area contributed by atoms with Crippen LogP contribution in [0.25, 0.3) is 0 Å². The largest absolute Gasteiger partial charge is 0.364 e. The molecule has 74 valence electrons. The molecule has 1 fully saturated rings. The molecule has 0 bridgehead atoms. The number of anilines is 1. The minimum Gasteiger partial charge on any atom is -0.364 e. The lowest BCUT2D eigenvalue weighted by atomic mass is 10.1. The summed E-state index contributed by atoms with van der Waals surface area (Å²) in [5.41, 5.74) is 3.81. The van der Waals surface area contributed by atoms with E-state index >= 15 is 0 Å². The number of nitrogens with zero attached hydrogens (tertiary/aromatic N) is 1. The van der Waals surface area contributed by atoms with Gasteiger partial charge in [0.1, 0.15) is 0 Å². The summed E-state index contributed by atoms with van der Waals surface area (Å²) in [6.07, 6.45) is 0.702. The topological polar surface area (TPSA) is 20.3 Å². The minimum atomic E-state index is 0.353. The van der Waals surface area contributed by atoms with Gasteiger partial charge < -0.3 is 4.90 Å². The summed E-state index contributed by atoms with van der Waals surface area (Å²) in [5.74, 6) is 0.353. The highest BCUT2D eigenvalue weighted by molar-refractivity contribution is 5.87. The van der Waals surface area contributed by atoms with Crippen LogP contribution in [0.1, 0.15) is 17.5 Å². The Morgan fingerprint density at radius 2 is 2.07 bits per heavy atom. The zero-order valence-electron chi connectivity index (χ0n) is 8.71. The van der Waals surface area contributed by atoms with Gasteiger partial charge >= 0.3 is 0 Å². The van der Waals surface area contributed by atoms with Gasteiger partial charge in [-0.2, -0.15) is 0 Å². The quantitative estimate of drug-likeness (QED) is 0.674. The van der Waals surface area contributed by atoms with Crippen LogP contribution in [-0.2, 0) is 4.79 Å². The summed E-state index contributed by atoms with van der Waals surface area (Å²) < 4.78 is 0.